The van der Waals surface area contributed by atoms with E-state index in [-0.39, 0.29) is 12.3 Å². The molecule has 0 fully saturated rings. The molecule has 6 nitrogen and oxygen atoms in total. The molecule has 174 valence electrons. The van der Waals surface area contributed by atoms with Gasteiger partial charge in [-0.25, -0.2) is 4.39 Å². The number of carboxylic acid groups (broad SMARTS) is 1. The van der Waals surface area contributed by atoms with Crippen LogP contribution in [0.1, 0.15) is 28.7 Å². The van der Waals surface area contributed by atoms with Gasteiger partial charge in [-0.2, -0.15) is 0 Å². The minimum absolute atomic E-state index is 0.0282. The van der Waals surface area contributed by atoms with E-state index in [9.17, 15) is 14.0 Å². The SMILES string of the molecule is CN(C)Cc1ccc(Nc2cc(CCC(=O)O)ccc2/C=C2\C(=O)Nc3cc(F)ccc32)cc1. The number of carbonyl (C=O) groups is 2. The molecule has 4 rings (SSSR count). The van der Waals surface area contributed by atoms with Crippen molar-refractivity contribution in [2.45, 2.75) is 19.4 Å². The van der Waals surface area contributed by atoms with Crippen molar-refractivity contribution < 1.29 is 19.1 Å². The van der Waals surface area contributed by atoms with Crippen molar-refractivity contribution >= 4 is 40.6 Å². The summed E-state index contributed by atoms with van der Waals surface area (Å²) in [6.07, 6.45) is 2.19. The number of benzene rings is 3. The van der Waals surface area contributed by atoms with E-state index in [1.807, 2.05) is 56.6 Å². The van der Waals surface area contributed by atoms with Crippen LogP contribution in [-0.2, 0) is 22.6 Å². The summed E-state index contributed by atoms with van der Waals surface area (Å²) in [5, 5.41) is 15.2. The van der Waals surface area contributed by atoms with Gasteiger partial charge in [0.25, 0.3) is 5.91 Å². The van der Waals surface area contributed by atoms with Gasteiger partial charge >= 0.3 is 5.97 Å². The van der Waals surface area contributed by atoms with Gasteiger partial charge in [-0.15, -0.1) is 0 Å². The number of rotatable bonds is 8. The molecule has 0 unspecified atom stereocenters. The number of hydrogen-bond acceptors (Lipinski definition) is 4. The highest BCUT2D eigenvalue weighted by Gasteiger charge is 2.24. The first-order valence-corrected chi connectivity index (χ1v) is 11.0. The van der Waals surface area contributed by atoms with E-state index in [1.54, 1.807) is 12.1 Å². The molecule has 1 aliphatic heterocycles. The summed E-state index contributed by atoms with van der Waals surface area (Å²) in [4.78, 5) is 25.7. The summed E-state index contributed by atoms with van der Waals surface area (Å²) in [5.74, 6) is -1.57. The predicted octanol–water partition coefficient (Wildman–Crippen LogP) is 5.14. The standard InChI is InChI=1S/C27H26FN3O3/c1-31(2)16-18-4-9-21(10-5-18)29-24-13-17(6-12-26(32)33)3-7-19(24)14-23-22-11-8-20(28)15-25(22)30-27(23)34/h3-5,7-11,13-15,29H,6,12,16H2,1-2H3,(H,30,34)(H,32,33)/b23-14-. The van der Waals surface area contributed by atoms with E-state index in [1.165, 1.54) is 17.7 Å². The van der Waals surface area contributed by atoms with Gasteiger partial charge in [-0.05, 0) is 79.7 Å². The fourth-order valence-electron chi connectivity index (χ4n) is 3.92. The molecule has 7 heteroatoms. The smallest absolute Gasteiger partial charge is 0.303 e. The molecule has 3 aromatic rings. The van der Waals surface area contributed by atoms with Gasteiger partial charge in [0.15, 0.2) is 0 Å². The van der Waals surface area contributed by atoms with Gasteiger partial charge in [-0.1, -0.05) is 24.3 Å². The Bertz CT molecular complexity index is 1270. The Morgan fingerprint density at radius 2 is 1.79 bits per heavy atom. The highest BCUT2D eigenvalue weighted by molar-refractivity contribution is 6.35. The van der Waals surface area contributed by atoms with E-state index < -0.39 is 11.8 Å². The van der Waals surface area contributed by atoms with Gasteiger partial charge < -0.3 is 20.6 Å². The summed E-state index contributed by atoms with van der Waals surface area (Å²) >= 11 is 0. The van der Waals surface area contributed by atoms with E-state index in [2.05, 4.69) is 15.5 Å². The summed E-state index contributed by atoms with van der Waals surface area (Å²) in [6.45, 7) is 0.831. The van der Waals surface area contributed by atoms with Crippen molar-refractivity contribution in [3.63, 3.8) is 0 Å². The Hall–Kier alpha value is -3.97. The fourth-order valence-corrected chi connectivity index (χ4v) is 3.92. The number of carbonyl (C=O) groups excluding carboxylic acids is 1. The third-order valence-corrected chi connectivity index (χ3v) is 5.54. The third-order valence-electron chi connectivity index (χ3n) is 5.54. The van der Waals surface area contributed by atoms with Crippen molar-refractivity contribution in [2.75, 3.05) is 24.7 Å². The van der Waals surface area contributed by atoms with Crippen molar-refractivity contribution in [3.8, 4) is 0 Å². The van der Waals surface area contributed by atoms with Crippen LogP contribution in [0.15, 0.2) is 60.7 Å². The second-order valence-corrected chi connectivity index (χ2v) is 8.58. The predicted molar refractivity (Wildman–Crippen MR) is 132 cm³/mol. The molecule has 1 aliphatic rings. The molecule has 1 amide bonds. The van der Waals surface area contributed by atoms with Crippen LogP contribution in [-0.4, -0.2) is 36.0 Å². The lowest BCUT2D eigenvalue weighted by atomic mass is 10.00. The van der Waals surface area contributed by atoms with Crippen LogP contribution in [0.2, 0.25) is 0 Å². The Morgan fingerprint density at radius 3 is 2.50 bits per heavy atom. The van der Waals surface area contributed by atoms with Crippen molar-refractivity contribution in [3.05, 3.63) is 88.7 Å². The second kappa shape index (κ2) is 9.89. The minimum atomic E-state index is -0.858. The first kappa shape index (κ1) is 23.2. The van der Waals surface area contributed by atoms with Crippen LogP contribution < -0.4 is 10.6 Å². The van der Waals surface area contributed by atoms with Gasteiger partial charge in [0.05, 0.1) is 5.69 Å². The van der Waals surface area contributed by atoms with Crippen LogP contribution in [0.5, 0.6) is 0 Å². The Balaban J connectivity index is 1.69. The highest BCUT2D eigenvalue weighted by Crippen LogP contribution is 2.35. The van der Waals surface area contributed by atoms with Crippen molar-refractivity contribution in [2.24, 2.45) is 0 Å². The summed E-state index contributed by atoms with van der Waals surface area (Å²) in [5.41, 5.74) is 5.96. The molecule has 34 heavy (non-hydrogen) atoms. The number of aliphatic carboxylic acids is 1. The normalized spacial score (nSPS) is 13.8. The number of carboxylic acids is 1. The number of amides is 1. The number of halogens is 1. The molecule has 3 aromatic carbocycles. The van der Waals surface area contributed by atoms with Gasteiger partial charge in [-0.3, -0.25) is 9.59 Å². The van der Waals surface area contributed by atoms with Crippen LogP contribution in [0, 0.1) is 5.82 Å². The molecule has 0 aliphatic carbocycles. The zero-order valence-electron chi connectivity index (χ0n) is 19.1. The average Bonchev–Trinajstić information content (AvgIpc) is 3.08. The number of anilines is 3. The largest absolute Gasteiger partial charge is 0.481 e. The summed E-state index contributed by atoms with van der Waals surface area (Å²) in [6, 6.07) is 17.9. The number of nitrogens with one attached hydrogen (secondary N) is 2. The first-order valence-electron chi connectivity index (χ1n) is 11.0. The molecule has 0 saturated carbocycles. The lowest BCUT2D eigenvalue weighted by Gasteiger charge is -2.14. The molecule has 1 heterocycles. The average molecular weight is 460 g/mol. The van der Waals surface area contributed by atoms with Gasteiger partial charge in [0.1, 0.15) is 5.82 Å². The number of fused-ring (bicyclic) bond motifs is 1. The second-order valence-electron chi connectivity index (χ2n) is 8.58. The number of aryl methyl sites for hydroxylation is 1. The maximum Gasteiger partial charge on any atom is 0.303 e. The Labute approximate surface area is 197 Å². The highest BCUT2D eigenvalue weighted by atomic mass is 19.1. The molecular weight excluding hydrogens is 433 g/mol. The maximum absolute atomic E-state index is 13.6. The molecule has 3 N–H and O–H groups in total. The first-order chi connectivity index (χ1) is 16.3. The number of hydrogen-bond donors (Lipinski definition) is 3. The molecular formula is C27H26FN3O3. The molecule has 0 radical (unpaired) electrons. The van der Waals surface area contributed by atoms with E-state index >= 15 is 0 Å². The Morgan fingerprint density at radius 1 is 1.06 bits per heavy atom. The fraction of sp³-hybridized carbons (Fsp3) is 0.185. The summed E-state index contributed by atoms with van der Waals surface area (Å²) < 4.78 is 13.6. The lowest BCUT2D eigenvalue weighted by molar-refractivity contribution is -0.137. The van der Waals surface area contributed by atoms with E-state index in [4.69, 9.17) is 5.11 Å². The quantitative estimate of drug-likeness (QED) is 0.407. The Kier molecular flexibility index (Phi) is 6.75. The zero-order valence-corrected chi connectivity index (χ0v) is 19.1. The van der Waals surface area contributed by atoms with Crippen molar-refractivity contribution in [1.82, 2.24) is 4.90 Å². The van der Waals surface area contributed by atoms with E-state index in [0.717, 1.165) is 29.0 Å². The topological polar surface area (TPSA) is 81.7 Å². The van der Waals surface area contributed by atoms with E-state index in [0.29, 0.717) is 23.2 Å². The monoisotopic (exact) mass is 459 g/mol. The molecule has 0 spiro atoms. The molecule has 0 atom stereocenters. The van der Waals surface area contributed by atoms with Gasteiger partial charge in [0, 0.05) is 35.5 Å². The summed E-state index contributed by atoms with van der Waals surface area (Å²) in [7, 11) is 4.03. The van der Waals surface area contributed by atoms with Crippen LogP contribution >= 0.6 is 0 Å². The van der Waals surface area contributed by atoms with Crippen LogP contribution in [0.25, 0.3) is 11.6 Å². The van der Waals surface area contributed by atoms with Gasteiger partial charge in [0.2, 0.25) is 0 Å². The lowest BCUT2D eigenvalue weighted by Crippen LogP contribution is -2.10. The maximum atomic E-state index is 13.6. The molecule has 0 saturated heterocycles. The molecule has 0 bridgehead atoms. The zero-order chi connectivity index (χ0) is 24.2. The van der Waals surface area contributed by atoms with Crippen molar-refractivity contribution in [1.29, 1.82) is 0 Å². The third kappa shape index (κ3) is 5.50. The molecule has 0 aromatic heterocycles. The number of nitrogens with zero attached hydrogens (tertiary/aromatic N) is 1. The van der Waals surface area contributed by atoms with Crippen LogP contribution in [0.3, 0.4) is 0 Å². The van der Waals surface area contributed by atoms with Crippen LogP contribution in [0.4, 0.5) is 21.5 Å². The minimum Gasteiger partial charge on any atom is -0.481 e.